The van der Waals surface area contributed by atoms with E-state index >= 15 is 0 Å². The van der Waals surface area contributed by atoms with E-state index in [2.05, 4.69) is 15.3 Å². The average Bonchev–Trinajstić information content (AvgIpc) is 3.27. The van der Waals surface area contributed by atoms with Gasteiger partial charge < -0.3 is 24.7 Å². The first-order valence-corrected chi connectivity index (χ1v) is 11.1. The molecule has 0 bridgehead atoms. The van der Waals surface area contributed by atoms with E-state index in [-0.39, 0.29) is 27.8 Å². The summed E-state index contributed by atoms with van der Waals surface area (Å²) in [4.78, 5) is 47.6. The Hall–Kier alpha value is -4.12. The van der Waals surface area contributed by atoms with Crippen molar-refractivity contribution in [3.63, 3.8) is 0 Å². The second-order valence-electron chi connectivity index (χ2n) is 7.55. The predicted octanol–water partition coefficient (Wildman–Crippen LogP) is 2.15. The van der Waals surface area contributed by atoms with Crippen LogP contribution in [0.25, 0.3) is 16.0 Å². The van der Waals surface area contributed by atoms with Crippen molar-refractivity contribution in [1.29, 1.82) is 0 Å². The van der Waals surface area contributed by atoms with Crippen LogP contribution in [0.2, 0.25) is 0 Å². The smallest absolute Gasteiger partial charge is 0.334 e. The van der Waals surface area contributed by atoms with Crippen LogP contribution in [0.3, 0.4) is 0 Å². The van der Waals surface area contributed by atoms with E-state index in [0.29, 0.717) is 17.2 Å². The van der Waals surface area contributed by atoms with Gasteiger partial charge >= 0.3 is 5.69 Å². The van der Waals surface area contributed by atoms with E-state index in [1.54, 1.807) is 6.07 Å². The van der Waals surface area contributed by atoms with Crippen LogP contribution in [-0.2, 0) is 6.54 Å². The molecule has 0 aliphatic rings. The summed E-state index contributed by atoms with van der Waals surface area (Å²) >= 11 is 1.00. The van der Waals surface area contributed by atoms with Gasteiger partial charge in [-0.15, -0.1) is 11.3 Å². The number of methoxy groups -OCH3 is 2. The molecule has 3 heterocycles. The fourth-order valence-corrected chi connectivity index (χ4v) is 4.31. The van der Waals surface area contributed by atoms with Crippen LogP contribution in [0.15, 0.2) is 52.1 Å². The van der Waals surface area contributed by atoms with Crippen LogP contribution in [0, 0.1) is 0 Å². The Bertz CT molecular complexity index is 1470. The van der Waals surface area contributed by atoms with Gasteiger partial charge in [0.1, 0.15) is 10.5 Å². The molecule has 1 aromatic carbocycles. The van der Waals surface area contributed by atoms with Gasteiger partial charge in [0.05, 0.1) is 24.6 Å². The first-order chi connectivity index (χ1) is 16.3. The molecule has 0 fully saturated rings. The minimum Gasteiger partial charge on any atom is -0.491 e. The predicted molar refractivity (Wildman–Crippen MR) is 131 cm³/mol. The van der Waals surface area contributed by atoms with Gasteiger partial charge in [0, 0.05) is 26.3 Å². The number of nitrogens with one attached hydrogen (secondary N) is 2. The van der Waals surface area contributed by atoms with E-state index in [9.17, 15) is 14.4 Å². The number of amides is 1. The highest BCUT2D eigenvalue weighted by molar-refractivity contribution is 7.20. The first-order valence-electron chi connectivity index (χ1n) is 10.2. The summed E-state index contributed by atoms with van der Waals surface area (Å²) in [5, 5.41) is 2.85. The fourth-order valence-electron chi connectivity index (χ4n) is 3.35. The number of anilines is 1. The molecule has 3 aromatic heterocycles. The lowest BCUT2D eigenvalue weighted by Gasteiger charge is -2.12. The maximum atomic E-state index is 13.1. The number of benzene rings is 1. The van der Waals surface area contributed by atoms with Gasteiger partial charge in [0.2, 0.25) is 0 Å². The molecule has 2 N–H and O–H groups in total. The van der Waals surface area contributed by atoms with Crippen molar-refractivity contribution in [3.05, 3.63) is 73.7 Å². The quantitative estimate of drug-likeness (QED) is 0.415. The van der Waals surface area contributed by atoms with E-state index in [1.807, 2.05) is 43.3 Å². The number of H-pyrrole nitrogens is 1. The summed E-state index contributed by atoms with van der Waals surface area (Å²) in [7, 11) is 6.78. The van der Waals surface area contributed by atoms with Gasteiger partial charge in [-0.05, 0) is 35.9 Å². The highest BCUT2D eigenvalue weighted by Crippen LogP contribution is 2.25. The van der Waals surface area contributed by atoms with Gasteiger partial charge in [-0.25, -0.2) is 9.36 Å². The topological polar surface area (TPSA) is 119 Å². The average molecular weight is 482 g/mol. The minimum absolute atomic E-state index is 0.0753. The van der Waals surface area contributed by atoms with Crippen molar-refractivity contribution in [3.8, 4) is 17.4 Å². The lowest BCUT2D eigenvalue weighted by atomic mass is 10.2. The van der Waals surface area contributed by atoms with Crippen molar-refractivity contribution >= 4 is 33.1 Å². The molecule has 34 heavy (non-hydrogen) atoms. The number of fused-ring (bicyclic) bond motifs is 1. The molecule has 0 radical (unpaired) electrons. The standard InChI is InChI=1S/C23H23N5O5S/c1-27(2)14-7-5-13(6-8-14)12-24-20(29)17-11-15-19(34-17)22(30)28(23(31)25-15)18-10-9-16(32-3)21(26-18)33-4/h5-11H,12H2,1-4H3,(H,24,29)(H,25,31). The molecular weight excluding hydrogens is 458 g/mol. The maximum absolute atomic E-state index is 13.1. The summed E-state index contributed by atoms with van der Waals surface area (Å²) < 4.78 is 11.5. The molecule has 0 saturated carbocycles. The SMILES string of the molecule is COc1ccc(-n2c(=O)[nH]c3cc(C(=O)NCc4ccc(N(C)C)cc4)sc3c2=O)nc1OC. The molecule has 4 rings (SSSR count). The summed E-state index contributed by atoms with van der Waals surface area (Å²) in [6.45, 7) is 0.330. The second kappa shape index (κ2) is 9.40. The summed E-state index contributed by atoms with van der Waals surface area (Å²) in [5.74, 6) is 0.236. The van der Waals surface area contributed by atoms with Crippen LogP contribution in [-0.4, -0.2) is 48.8 Å². The first kappa shape index (κ1) is 23.1. The third-order valence-electron chi connectivity index (χ3n) is 5.16. The molecule has 10 nitrogen and oxygen atoms in total. The zero-order valence-electron chi connectivity index (χ0n) is 19.0. The fraction of sp³-hybridized carbons (Fsp3) is 0.217. The number of thiophene rings is 1. The van der Waals surface area contributed by atoms with Crippen LogP contribution in [0.4, 0.5) is 5.69 Å². The Labute approximate surface area is 198 Å². The van der Waals surface area contributed by atoms with Gasteiger partial charge in [-0.2, -0.15) is 4.98 Å². The van der Waals surface area contributed by atoms with E-state index in [0.717, 1.165) is 27.2 Å². The Morgan fingerprint density at radius 3 is 2.50 bits per heavy atom. The van der Waals surface area contributed by atoms with Crippen molar-refractivity contribution in [2.75, 3.05) is 33.2 Å². The van der Waals surface area contributed by atoms with E-state index in [1.165, 1.54) is 26.4 Å². The van der Waals surface area contributed by atoms with Crippen LogP contribution >= 0.6 is 11.3 Å². The highest BCUT2D eigenvalue weighted by atomic mass is 32.1. The molecule has 0 unspecified atom stereocenters. The second-order valence-corrected chi connectivity index (χ2v) is 8.60. The zero-order valence-corrected chi connectivity index (χ0v) is 19.9. The molecule has 1 amide bonds. The Kier molecular flexibility index (Phi) is 6.37. The number of aromatic amines is 1. The molecular formula is C23H23N5O5S. The Morgan fingerprint density at radius 1 is 1.12 bits per heavy atom. The Morgan fingerprint density at radius 2 is 1.85 bits per heavy atom. The minimum atomic E-state index is -0.678. The van der Waals surface area contributed by atoms with E-state index in [4.69, 9.17) is 9.47 Å². The number of pyridine rings is 1. The molecule has 4 aromatic rings. The van der Waals surface area contributed by atoms with Crippen molar-refractivity contribution < 1.29 is 14.3 Å². The molecule has 0 aliphatic carbocycles. The molecule has 0 aliphatic heterocycles. The number of carbonyl (C=O) groups excluding carboxylic acids is 1. The lowest BCUT2D eigenvalue weighted by molar-refractivity contribution is 0.0955. The van der Waals surface area contributed by atoms with Crippen LogP contribution in [0.1, 0.15) is 15.2 Å². The number of hydrogen-bond acceptors (Lipinski definition) is 8. The van der Waals surface area contributed by atoms with Crippen molar-refractivity contribution in [1.82, 2.24) is 19.9 Å². The number of carbonyl (C=O) groups is 1. The maximum Gasteiger partial charge on any atom is 0.334 e. The van der Waals surface area contributed by atoms with E-state index < -0.39 is 11.2 Å². The monoisotopic (exact) mass is 481 g/mol. The molecule has 0 saturated heterocycles. The third kappa shape index (κ3) is 4.37. The zero-order chi connectivity index (χ0) is 24.4. The van der Waals surface area contributed by atoms with Crippen LogP contribution in [0.5, 0.6) is 11.6 Å². The number of nitrogens with zero attached hydrogens (tertiary/aromatic N) is 3. The van der Waals surface area contributed by atoms with Gasteiger partial charge in [-0.1, -0.05) is 12.1 Å². The summed E-state index contributed by atoms with van der Waals surface area (Å²) in [6.07, 6.45) is 0. The molecule has 0 atom stereocenters. The number of ether oxygens (including phenoxy) is 2. The van der Waals surface area contributed by atoms with Crippen molar-refractivity contribution in [2.24, 2.45) is 0 Å². The van der Waals surface area contributed by atoms with Gasteiger partial charge in [0.25, 0.3) is 17.3 Å². The molecule has 11 heteroatoms. The normalized spacial score (nSPS) is 10.8. The number of aromatic nitrogens is 3. The van der Waals surface area contributed by atoms with Crippen LogP contribution < -0.4 is 30.9 Å². The lowest BCUT2D eigenvalue weighted by Crippen LogP contribution is -2.33. The largest absolute Gasteiger partial charge is 0.491 e. The summed E-state index contributed by atoms with van der Waals surface area (Å²) in [5.41, 5.74) is 1.03. The third-order valence-corrected chi connectivity index (χ3v) is 6.28. The van der Waals surface area contributed by atoms with Gasteiger partial charge in [-0.3, -0.25) is 9.59 Å². The number of rotatable bonds is 7. The Balaban J connectivity index is 1.62. The highest BCUT2D eigenvalue weighted by Gasteiger charge is 2.18. The van der Waals surface area contributed by atoms with Crippen molar-refractivity contribution in [2.45, 2.75) is 6.54 Å². The van der Waals surface area contributed by atoms with Gasteiger partial charge in [0.15, 0.2) is 5.75 Å². The molecule has 0 spiro atoms. The number of hydrogen-bond donors (Lipinski definition) is 2. The molecule has 176 valence electrons. The summed E-state index contributed by atoms with van der Waals surface area (Å²) in [6, 6.07) is 12.3.